The number of hydrogen-bond acceptors (Lipinski definition) is 0. The maximum absolute atomic E-state index is 8.42. The minimum Gasteiger partial charge on any atom is -0.307 e. The molecule has 2 nitrogen and oxygen atoms in total. The normalized spacial score (nSPS) is 13.0. The maximum Gasteiger partial charge on any atom is 0.224 e. The van der Waals surface area contributed by atoms with Crippen molar-refractivity contribution in [2.45, 2.75) is 6.92 Å². The van der Waals surface area contributed by atoms with Gasteiger partial charge in [-0.05, 0) is 30.0 Å². The van der Waals surface area contributed by atoms with Crippen LogP contribution in [0.15, 0.2) is 66.8 Å². The Morgan fingerprint density at radius 3 is 2.64 bits per heavy atom. The lowest BCUT2D eigenvalue weighted by Gasteiger charge is -2.12. The predicted octanol–water partition coefficient (Wildman–Crippen LogP) is 5.12. The molecule has 0 aliphatic carbocycles. The summed E-state index contributed by atoms with van der Waals surface area (Å²) in [4.78, 5) is 0. The molecule has 2 heteroatoms. The Hall–Kier alpha value is -3.13. The highest BCUT2D eigenvalue weighted by molar-refractivity contribution is 6.25. The second-order valence-corrected chi connectivity index (χ2v) is 6.93. The van der Waals surface area contributed by atoms with Crippen LogP contribution in [0.4, 0.5) is 0 Å². The van der Waals surface area contributed by atoms with E-state index in [-0.39, 0.29) is 0 Å². The molecule has 0 saturated heterocycles. The minimum absolute atomic E-state index is 0.579. The molecule has 0 spiro atoms. The van der Waals surface area contributed by atoms with E-state index >= 15 is 0 Å². The van der Waals surface area contributed by atoms with Crippen molar-refractivity contribution in [3.8, 4) is 0 Å². The molecular weight excluding hydrogens is 304 g/mol. The molecule has 6 aromatic rings. The number of aromatic nitrogens is 2. The Bertz CT molecular complexity index is 1510. The molecule has 3 heterocycles. The average molecular weight is 322 g/mol. The van der Waals surface area contributed by atoms with E-state index in [2.05, 4.69) is 77.7 Å². The topological polar surface area (TPSA) is 8.29 Å². The molecule has 118 valence electrons. The summed E-state index contributed by atoms with van der Waals surface area (Å²) >= 11 is 0. The molecule has 0 unspecified atom stereocenters. The molecule has 0 atom stereocenters. The van der Waals surface area contributed by atoms with E-state index in [0.717, 1.165) is 5.39 Å². The summed E-state index contributed by atoms with van der Waals surface area (Å²) in [5.41, 5.74) is 6.16. The van der Waals surface area contributed by atoms with Gasteiger partial charge in [0.15, 0.2) is 6.20 Å². The van der Waals surface area contributed by atoms with Gasteiger partial charge in [0, 0.05) is 16.8 Å². The summed E-state index contributed by atoms with van der Waals surface area (Å²) in [5, 5.41) is 6.04. The van der Waals surface area contributed by atoms with Crippen LogP contribution in [0.25, 0.3) is 49.0 Å². The number of nitrogens with zero attached hydrogens (tertiary/aromatic N) is 2. The van der Waals surface area contributed by atoms with E-state index < -0.39 is 0 Å². The first-order valence-electron chi connectivity index (χ1n) is 9.12. The van der Waals surface area contributed by atoms with Gasteiger partial charge < -0.3 is 4.40 Å². The lowest BCUT2D eigenvalue weighted by molar-refractivity contribution is -0.643. The number of rotatable bonds is 0. The summed E-state index contributed by atoms with van der Waals surface area (Å²) in [6.07, 6.45) is 2.08. The first kappa shape index (κ1) is 12.3. The minimum atomic E-state index is 0.579. The summed E-state index contributed by atoms with van der Waals surface area (Å²) in [5.74, 6) is 0. The fourth-order valence-electron chi connectivity index (χ4n) is 4.52. The fraction of sp³-hybridized carbons (Fsp3) is 0.0870. The molecule has 0 aliphatic heterocycles. The lowest BCUT2D eigenvalue weighted by atomic mass is 10.00. The number of fused-ring (bicyclic) bond motifs is 5. The third-order valence-corrected chi connectivity index (χ3v) is 5.58. The van der Waals surface area contributed by atoms with Crippen LogP contribution in [0.1, 0.15) is 6.93 Å². The second kappa shape index (κ2) is 4.28. The first-order chi connectivity index (χ1) is 12.7. The van der Waals surface area contributed by atoms with Gasteiger partial charge in [-0.15, -0.1) is 0 Å². The van der Waals surface area contributed by atoms with Crippen LogP contribution in [0.3, 0.4) is 0 Å². The average Bonchev–Trinajstić information content (AvgIpc) is 2.98. The van der Waals surface area contributed by atoms with Crippen LogP contribution in [0.5, 0.6) is 0 Å². The highest BCUT2D eigenvalue weighted by Crippen LogP contribution is 2.40. The largest absolute Gasteiger partial charge is 0.307 e. The van der Waals surface area contributed by atoms with Crippen LogP contribution >= 0.6 is 0 Å². The number of aryl methyl sites for hydroxylation is 2. The van der Waals surface area contributed by atoms with Gasteiger partial charge in [0.05, 0.1) is 28.7 Å². The molecule has 0 aliphatic rings. The molecule has 25 heavy (non-hydrogen) atoms. The second-order valence-electron chi connectivity index (χ2n) is 6.93. The van der Waals surface area contributed by atoms with Gasteiger partial charge in [-0.2, -0.15) is 0 Å². The van der Waals surface area contributed by atoms with Crippen LogP contribution in [0.2, 0.25) is 0 Å². The van der Waals surface area contributed by atoms with Crippen molar-refractivity contribution in [2.75, 3.05) is 0 Å². The van der Waals surface area contributed by atoms with E-state index in [1.54, 1.807) is 0 Å². The van der Waals surface area contributed by atoms with E-state index in [9.17, 15) is 0 Å². The molecular formula is C23H17N2+. The summed E-state index contributed by atoms with van der Waals surface area (Å²) in [6, 6.07) is 19.8. The maximum atomic E-state index is 8.42. The standard InChI is InChI=1S/C23H17N2/c1-14-10-11-17-16-7-3-4-8-18(16)25-19-9-5-6-15-12-13-24(2)23(21(15)19)20(14)22(17)25/h3-13H,1-2H3/q+1/i6D. The highest BCUT2D eigenvalue weighted by atomic mass is 14.9. The lowest BCUT2D eigenvalue weighted by Crippen LogP contribution is -2.28. The summed E-state index contributed by atoms with van der Waals surface area (Å²) in [7, 11) is 2.10. The molecule has 0 radical (unpaired) electrons. The fourth-order valence-corrected chi connectivity index (χ4v) is 4.52. The van der Waals surface area contributed by atoms with Crippen molar-refractivity contribution in [1.82, 2.24) is 4.40 Å². The third kappa shape index (κ3) is 1.44. The van der Waals surface area contributed by atoms with Gasteiger partial charge in [0.25, 0.3) is 0 Å². The van der Waals surface area contributed by atoms with Gasteiger partial charge >= 0.3 is 0 Å². The molecule has 0 amide bonds. The zero-order chi connectivity index (χ0) is 17.6. The summed E-state index contributed by atoms with van der Waals surface area (Å²) < 4.78 is 13.0. The number of hydrogen-bond donors (Lipinski definition) is 0. The van der Waals surface area contributed by atoms with Gasteiger partial charge in [-0.1, -0.05) is 42.4 Å². The number of pyridine rings is 2. The Morgan fingerprint density at radius 1 is 0.880 bits per heavy atom. The molecule has 3 aromatic heterocycles. The van der Waals surface area contributed by atoms with Crippen molar-refractivity contribution in [2.24, 2.45) is 7.05 Å². The zero-order valence-corrected chi connectivity index (χ0v) is 14.2. The SMILES string of the molecule is [2H]c1ccc2c3c1cc[n+](C)c3c1c(C)ccc3c4ccccc4n2c31. The van der Waals surface area contributed by atoms with Crippen molar-refractivity contribution in [3.05, 3.63) is 72.4 Å². The van der Waals surface area contributed by atoms with Crippen LogP contribution in [-0.2, 0) is 7.05 Å². The van der Waals surface area contributed by atoms with E-state index in [0.29, 0.717) is 6.04 Å². The monoisotopic (exact) mass is 322 g/mol. The molecule has 3 aromatic carbocycles. The van der Waals surface area contributed by atoms with Crippen molar-refractivity contribution < 1.29 is 5.94 Å². The first-order valence-corrected chi connectivity index (χ1v) is 8.62. The quantitative estimate of drug-likeness (QED) is 0.208. The molecule has 6 rings (SSSR count). The van der Waals surface area contributed by atoms with Gasteiger partial charge in [-0.25, -0.2) is 4.57 Å². The van der Waals surface area contributed by atoms with Crippen molar-refractivity contribution >= 4 is 49.0 Å². The van der Waals surface area contributed by atoms with E-state index in [1.807, 2.05) is 6.07 Å². The van der Waals surface area contributed by atoms with Gasteiger partial charge in [0.2, 0.25) is 5.52 Å². The Balaban J connectivity index is 2.17. The third-order valence-electron chi connectivity index (χ3n) is 5.58. The van der Waals surface area contributed by atoms with Crippen LogP contribution < -0.4 is 4.57 Å². The Kier molecular flexibility index (Phi) is 2.10. The predicted molar refractivity (Wildman–Crippen MR) is 105 cm³/mol. The Morgan fingerprint density at radius 2 is 1.72 bits per heavy atom. The molecule has 0 bridgehead atoms. The van der Waals surface area contributed by atoms with E-state index in [4.69, 9.17) is 1.37 Å². The summed E-state index contributed by atoms with van der Waals surface area (Å²) in [6.45, 7) is 2.19. The van der Waals surface area contributed by atoms with Gasteiger partial charge in [-0.3, -0.25) is 0 Å². The molecule has 0 N–H and O–H groups in total. The molecule has 0 fully saturated rings. The van der Waals surface area contributed by atoms with Crippen LogP contribution in [0, 0.1) is 6.92 Å². The Labute approximate surface area is 146 Å². The highest BCUT2D eigenvalue weighted by Gasteiger charge is 2.22. The van der Waals surface area contributed by atoms with Gasteiger partial charge in [0.1, 0.15) is 7.05 Å². The number of benzene rings is 3. The van der Waals surface area contributed by atoms with E-state index in [1.165, 1.54) is 49.2 Å². The van der Waals surface area contributed by atoms with Crippen molar-refractivity contribution in [3.63, 3.8) is 0 Å². The van der Waals surface area contributed by atoms with Crippen LogP contribution in [-0.4, -0.2) is 4.40 Å². The number of para-hydroxylation sites is 1. The zero-order valence-electron chi connectivity index (χ0n) is 15.2. The van der Waals surface area contributed by atoms with Crippen molar-refractivity contribution in [1.29, 1.82) is 0 Å². The smallest absolute Gasteiger partial charge is 0.224 e. The molecule has 0 saturated carbocycles.